The molecule has 2 unspecified atom stereocenters. The van der Waals surface area contributed by atoms with E-state index in [4.69, 9.17) is 4.74 Å². The Morgan fingerprint density at radius 3 is 2.80 bits per heavy atom. The van der Waals surface area contributed by atoms with E-state index in [-0.39, 0.29) is 12.0 Å². The Kier molecular flexibility index (Phi) is 4.41. The second-order valence-corrected chi connectivity index (χ2v) is 3.66. The van der Waals surface area contributed by atoms with Crippen molar-refractivity contribution in [2.45, 2.75) is 25.0 Å². The van der Waals surface area contributed by atoms with Gasteiger partial charge in [0.25, 0.3) is 6.43 Å². The Bertz CT molecular complexity index is 226. The van der Waals surface area contributed by atoms with Gasteiger partial charge in [-0.1, -0.05) is 0 Å². The van der Waals surface area contributed by atoms with E-state index in [0.717, 1.165) is 4.90 Å². The van der Waals surface area contributed by atoms with Crippen LogP contribution in [0.3, 0.4) is 0 Å². The summed E-state index contributed by atoms with van der Waals surface area (Å²) in [5.74, 6) is -0.296. The van der Waals surface area contributed by atoms with Crippen LogP contribution in [-0.4, -0.2) is 56.6 Å². The molecule has 1 rings (SSSR count). The van der Waals surface area contributed by atoms with Gasteiger partial charge in [-0.15, -0.1) is 0 Å². The molecule has 0 aromatic heterocycles. The van der Waals surface area contributed by atoms with Crippen LogP contribution < -0.4 is 5.32 Å². The molecule has 1 fully saturated rings. The predicted octanol–water partition coefficient (Wildman–Crippen LogP) is 0.0868. The molecule has 1 amide bonds. The summed E-state index contributed by atoms with van der Waals surface area (Å²) in [6, 6.07) is -0.390. The molecule has 4 nitrogen and oxygen atoms in total. The molecule has 0 aromatic carbocycles. The number of carbonyl (C=O) groups excluding carboxylic acids is 1. The third kappa shape index (κ3) is 3.39. The summed E-state index contributed by atoms with van der Waals surface area (Å²) in [5, 5.41) is 2.95. The smallest absolute Gasteiger partial charge is 0.255 e. The van der Waals surface area contributed by atoms with Crippen molar-refractivity contribution in [2.24, 2.45) is 0 Å². The highest BCUT2D eigenvalue weighted by atomic mass is 19.3. The van der Waals surface area contributed by atoms with Crippen LogP contribution in [0.15, 0.2) is 0 Å². The summed E-state index contributed by atoms with van der Waals surface area (Å²) < 4.78 is 29.1. The zero-order valence-corrected chi connectivity index (χ0v) is 8.87. The maximum absolute atomic E-state index is 12.0. The largest absolute Gasteiger partial charge is 0.380 e. The minimum Gasteiger partial charge on any atom is -0.380 e. The molecular formula is C9H16F2N2O2. The first-order valence-electron chi connectivity index (χ1n) is 4.84. The van der Waals surface area contributed by atoms with Gasteiger partial charge in [-0.3, -0.25) is 4.79 Å². The van der Waals surface area contributed by atoms with Gasteiger partial charge in [-0.25, -0.2) is 8.78 Å². The van der Waals surface area contributed by atoms with Gasteiger partial charge in [-0.2, -0.15) is 0 Å². The number of nitrogens with one attached hydrogen (secondary N) is 1. The number of carbonyl (C=O) groups is 1. The normalized spacial score (nSPS) is 25.9. The molecule has 0 saturated carbocycles. The maximum atomic E-state index is 12.0. The van der Waals surface area contributed by atoms with E-state index in [1.54, 1.807) is 7.11 Å². The number of alkyl halides is 2. The van der Waals surface area contributed by atoms with Crippen LogP contribution >= 0.6 is 0 Å². The summed E-state index contributed by atoms with van der Waals surface area (Å²) in [4.78, 5) is 12.7. The molecule has 1 heterocycles. The average Bonchev–Trinajstić information content (AvgIpc) is 2.63. The van der Waals surface area contributed by atoms with Gasteiger partial charge >= 0.3 is 0 Å². The van der Waals surface area contributed by atoms with Crippen LogP contribution in [0.1, 0.15) is 6.42 Å². The number of hydrogen-bond acceptors (Lipinski definition) is 3. The molecule has 6 heteroatoms. The highest BCUT2D eigenvalue weighted by molar-refractivity contribution is 5.82. The van der Waals surface area contributed by atoms with Crippen LogP contribution in [-0.2, 0) is 9.53 Å². The molecule has 1 aliphatic heterocycles. The summed E-state index contributed by atoms with van der Waals surface area (Å²) in [5.41, 5.74) is 0. The quantitative estimate of drug-likeness (QED) is 0.732. The number of halogens is 2. The number of methoxy groups -OCH3 is 1. The topological polar surface area (TPSA) is 41.6 Å². The third-order valence-electron chi connectivity index (χ3n) is 2.51. The van der Waals surface area contributed by atoms with E-state index in [0.29, 0.717) is 13.0 Å². The monoisotopic (exact) mass is 222 g/mol. The van der Waals surface area contributed by atoms with E-state index >= 15 is 0 Å². The lowest BCUT2D eigenvalue weighted by Crippen LogP contribution is -2.43. The Labute approximate surface area is 87.6 Å². The van der Waals surface area contributed by atoms with Crippen LogP contribution in [0, 0.1) is 0 Å². The standard InChI is InChI=1S/C9H16F2N2O2/c1-13(5-8(10)11)9(14)7-3-6(15-2)4-12-7/h6-8,12H,3-5H2,1-2H3. The van der Waals surface area contributed by atoms with Gasteiger partial charge in [0, 0.05) is 20.7 Å². The molecule has 1 aliphatic rings. The fourth-order valence-electron chi connectivity index (χ4n) is 1.63. The number of rotatable bonds is 4. The van der Waals surface area contributed by atoms with E-state index in [9.17, 15) is 13.6 Å². The van der Waals surface area contributed by atoms with Crippen LogP contribution in [0.4, 0.5) is 8.78 Å². The molecule has 1 N–H and O–H groups in total. The Balaban J connectivity index is 2.40. The Morgan fingerprint density at radius 1 is 1.67 bits per heavy atom. The predicted molar refractivity (Wildman–Crippen MR) is 50.8 cm³/mol. The second-order valence-electron chi connectivity index (χ2n) is 3.66. The molecule has 0 spiro atoms. The summed E-state index contributed by atoms with van der Waals surface area (Å²) in [6.07, 6.45) is -1.94. The van der Waals surface area contributed by atoms with Crippen LogP contribution in [0.25, 0.3) is 0 Å². The number of nitrogens with zero attached hydrogens (tertiary/aromatic N) is 1. The van der Waals surface area contributed by atoms with Crippen LogP contribution in [0.2, 0.25) is 0 Å². The first kappa shape index (κ1) is 12.3. The summed E-state index contributed by atoms with van der Waals surface area (Å²) >= 11 is 0. The molecule has 1 saturated heterocycles. The van der Waals surface area contributed by atoms with Crippen molar-refractivity contribution < 1.29 is 18.3 Å². The number of amides is 1. The first-order valence-corrected chi connectivity index (χ1v) is 4.84. The highest BCUT2D eigenvalue weighted by Crippen LogP contribution is 2.12. The van der Waals surface area contributed by atoms with Crippen molar-refractivity contribution in [3.63, 3.8) is 0 Å². The lowest BCUT2D eigenvalue weighted by atomic mass is 10.2. The van der Waals surface area contributed by atoms with Crippen molar-refractivity contribution in [3.05, 3.63) is 0 Å². The average molecular weight is 222 g/mol. The minimum atomic E-state index is -2.49. The third-order valence-corrected chi connectivity index (χ3v) is 2.51. The van der Waals surface area contributed by atoms with Crippen molar-refractivity contribution in [3.8, 4) is 0 Å². The molecule has 15 heavy (non-hydrogen) atoms. The van der Waals surface area contributed by atoms with E-state index in [2.05, 4.69) is 5.32 Å². The number of ether oxygens (including phenoxy) is 1. The fraction of sp³-hybridized carbons (Fsp3) is 0.889. The van der Waals surface area contributed by atoms with Crippen molar-refractivity contribution in [1.82, 2.24) is 10.2 Å². The molecule has 0 aliphatic carbocycles. The molecule has 2 atom stereocenters. The zero-order valence-electron chi connectivity index (χ0n) is 8.87. The molecular weight excluding hydrogens is 206 g/mol. The molecule has 0 aromatic rings. The van der Waals surface area contributed by atoms with Gasteiger partial charge in [0.15, 0.2) is 0 Å². The van der Waals surface area contributed by atoms with Crippen molar-refractivity contribution in [2.75, 3.05) is 27.2 Å². The highest BCUT2D eigenvalue weighted by Gasteiger charge is 2.31. The van der Waals surface area contributed by atoms with Gasteiger partial charge < -0.3 is 15.0 Å². The number of likely N-dealkylation sites (N-methyl/N-ethyl adjacent to an activating group) is 1. The SMILES string of the molecule is COC1CNC(C(=O)N(C)CC(F)F)C1. The van der Waals surface area contributed by atoms with Crippen molar-refractivity contribution >= 4 is 5.91 Å². The second kappa shape index (κ2) is 5.37. The van der Waals surface area contributed by atoms with Gasteiger partial charge in [-0.05, 0) is 6.42 Å². The number of hydrogen-bond donors (Lipinski definition) is 1. The van der Waals surface area contributed by atoms with Gasteiger partial charge in [0.1, 0.15) is 0 Å². The summed E-state index contributed by atoms with van der Waals surface area (Å²) in [7, 11) is 2.96. The van der Waals surface area contributed by atoms with E-state index in [1.807, 2.05) is 0 Å². The molecule has 88 valence electrons. The maximum Gasteiger partial charge on any atom is 0.255 e. The Morgan fingerprint density at radius 2 is 2.33 bits per heavy atom. The lowest BCUT2D eigenvalue weighted by molar-refractivity contribution is -0.133. The summed E-state index contributed by atoms with van der Waals surface area (Å²) in [6.45, 7) is 0.0735. The van der Waals surface area contributed by atoms with Gasteiger partial charge in [0.05, 0.1) is 18.7 Å². The van der Waals surface area contributed by atoms with E-state index in [1.165, 1.54) is 7.05 Å². The van der Waals surface area contributed by atoms with Crippen molar-refractivity contribution in [1.29, 1.82) is 0 Å². The Hall–Kier alpha value is -0.750. The zero-order chi connectivity index (χ0) is 11.4. The molecule has 0 bridgehead atoms. The van der Waals surface area contributed by atoms with E-state index < -0.39 is 19.0 Å². The lowest BCUT2D eigenvalue weighted by Gasteiger charge is -2.20. The minimum absolute atomic E-state index is 0.00102. The van der Waals surface area contributed by atoms with Gasteiger partial charge in [0.2, 0.25) is 5.91 Å². The first-order chi connectivity index (χ1) is 7.04. The molecule has 0 radical (unpaired) electrons. The van der Waals surface area contributed by atoms with Crippen LogP contribution in [0.5, 0.6) is 0 Å². The fourth-order valence-corrected chi connectivity index (χ4v) is 1.63.